The van der Waals surface area contributed by atoms with Gasteiger partial charge < -0.3 is 16.0 Å². The van der Waals surface area contributed by atoms with Gasteiger partial charge in [-0.25, -0.2) is 0 Å². The normalized spacial score (nSPS) is 11.4. The number of nitrogens with one attached hydrogen (secondary N) is 3. The number of thiophene rings is 1. The molecule has 0 radical (unpaired) electrons. The second-order valence-electron chi connectivity index (χ2n) is 5.10. The van der Waals surface area contributed by atoms with Crippen molar-refractivity contribution in [1.82, 2.24) is 10.6 Å². The third-order valence-corrected chi connectivity index (χ3v) is 4.09. The predicted octanol–water partition coefficient (Wildman–Crippen LogP) is 2.25. The molecule has 0 fully saturated rings. The topological polar surface area (TPSA) is 87.3 Å². The largest absolute Gasteiger partial charge is 0.355 e. The van der Waals surface area contributed by atoms with Crippen LogP contribution in [0.1, 0.15) is 33.9 Å². The van der Waals surface area contributed by atoms with Crippen molar-refractivity contribution in [2.24, 2.45) is 0 Å². The number of carbonyl (C=O) groups is 3. The highest BCUT2D eigenvalue weighted by molar-refractivity contribution is 7.12. The molecule has 1 atom stereocenters. The first kappa shape index (κ1) is 17.7. The van der Waals surface area contributed by atoms with Crippen LogP contribution in [0.5, 0.6) is 0 Å². The Morgan fingerprint density at radius 1 is 1.12 bits per heavy atom. The van der Waals surface area contributed by atoms with Crippen LogP contribution < -0.4 is 16.0 Å². The molecule has 2 rings (SSSR count). The zero-order valence-corrected chi connectivity index (χ0v) is 14.3. The zero-order valence-electron chi connectivity index (χ0n) is 13.5. The predicted molar refractivity (Wildman–Crippen MR) is 94.3 cm³/mol. The fourth-order valence-corrected chi connectivity index (χ4v) is 2.63. The Bertz CT molecular complexity index is 728. The second kappa shape index (κ2) is 8.26. The standard InChI is InChI=1S/C17H19N3O3S/c1-3-18-15(21)11(2)19-16(22)12-6-4-7-13(10-12)20-17(23)14-8-5-9-24-14/h4-11H,3H2,1-2H3,(H,18,21)(H,19,22)(H,20,23)/t11-/m0/s1. The van der Waals surface area contributed by atoms with Crippen molar-refractivity contribution in [3.63, 3.8) is 0 Å². The van der Waals surface area contributed by atoms with Crippen LogP contribution in [0, 0.1) is 0 Å². The molecular weight excluding hydrogens is 326 g/mol. The van der Waals surface area contributed by atoms with Crippen molar-refractivity contribution in [1.29, 1.82) is 0 Å². The van der Waals surface area contributed by atoms with Gasteiger partial charge in [0.1, 0.15) is 6.04 Å². The Balaban J connectivity index is 2.02. The van der Waals surface area contributed by atoms with E-state index in [-0.39, 0.29) is 17.7 Å². The van der Waals surface area contributed by atoms with Crippen LogP contribution in [-0.2, 0) is 4.79 Å². The van der Waals surface area contributed by atoms with Gasteiger partial charge in [0, 0.05) is 17.8 Å². The highest BCUT2D eigenvalue weighted by Crippen LogP contribution is 2.15. The van der Waals surface area contributed by atoms with Crippen LogP contribution in [0.15, 0.2) is 41.8 Å². The van der Waals surface area contributed by atoms with Crippen molar-refractivity contribution in [2.45, 2.75) is 19.9 Å². The highest BCUT2D eigenvalue weighted by atomic mass is 32.1. The Hall–Kier alpha value is -2.67. The second-order valence-corrected chi connectivity index (χ2v) is 6.05. The Labute approximate surface area is 144 Å². The first-order valence-corrected chi connectivity index (χ1v) is 8.42. The summed E-state index contributed by atoms with van der Waals surface area (Å²) in [4.78, 5) is 36.5. The first-order chi connectivity index (χ1) is 11.5. The molecule has 126 valence electrons. The van der Waals surface area contributed by atoms with Crippen LogP contribution >= 0.6 is 11.3 Å². The number of likely N-dealkylation sites (N-methyl/N-ethyl adjacent to an activating group) is 1. The van der Waals surface area contributed by atoms with E-state index in [9.17, 15) is 14.4 Å². The first-order valence-electron chi connectivity index (χ1n) is 7.54. The van der Waals surface area contributed by atoms with Gasteiger partial charge in [0.2, 0.25) is 5.91 Å². The summed E-state index contributed by atoms with van der Waals surface area (Å²) in [6.45, 7) is 3.93. The molecule has 0 aliphatic rings. The SMILES string of the molecule is CCNC(=O)[C@H](C)NC(=O)c1cccc(NC(=O)c2cccs2)c1. The maximum Gasteiger partial charge on any atom is 0.265 e. The number of hydrogen-bond acceptors (Lipinski definition) is 4. The minimum absolute atomic E-state index is 0.224. The fraction of sp³-hybridized carbons (Fsp3) is 0.235. The highest BCUT2D eigenvalue weighted by Gasteiger charge is 2.16. The van der Waals surface area contributed by atoms with E-state index in [1.165, 1.54) is 11.3 Å². The average Bonchev–Trinajstić information content (AvgIpc) is 3.10. The van der Waals surface area contributed by atoms with Crippen LogP contribution in [0.4, 0.5) is 5.69 Å². The summed E-state index contributed by atoms with van der Waals surface area (Å²) in [5.74, 6) is -0.841. The van der Waals surface area contributed by atoms with Gasteiger partial charge >= 0.3 is 0 Å². The quantitative estimate of drug-likeness (QED) is 0.750. The van der Waals surface area contributed by atoms with Gasteiger partial charge in [-0.15, -0.1) is 11.3 Å². The van der Waals surface area contributed by atoms with E-state index in [2.05, 4.69) is 16.0 Å². The molecule has 0 aliphatic heterocycles. The number of hydrogen-bond donors (Lipinski definition) is 3. The summed E-state index contributed by atoms with van der Waals surface area (Å²) in [5, 5.41) is 9.84. The van der Waals surface area contributed by atoms with Crippen molar-refractivity contribution >= 4 is 34.7 Å². The molecule has 0 bridgehead atoms. The Morgan fingerprint density at radius 3 is 2.58 bits per heavy atom. The molecule has 1 heterocycles. The van der Waals surface area contributed by atoms with Gasteiger partial charge in [-0.1, -0.05) is 12.1 Å². The fourth-order valence-electron chi connectivity index (χ4n) is 2.01. The smallest absolute Gasteiger partial charge is 0.265 e. The lowest BCUT2D eigenvalue weighted by Crippen LogP contribution is -2.44. The summed E-state index contributed by atoms with van der Waals surface area (Å²) < 4.78 is 0. The molecule has 0 saturated carbocycles. The molecule has 0 saturated heterocycles. The Kier molecular flexibility index (Phi) is 6.08. The number of anilines is 1. The number of carbonyl (C=O) groups excluding carboxylic acids is 3. The molecule has 6 nitrogen and oxygen atoms in total. The molecule has 1 aromatic carbocycles. The molecule has 24 heavy (non-hydrogen) atoms. The van der Waals surface area contributed by atoms with Crippen molar-refractivity contribution in [3.05, 3.63) is 52.2 Å². The summed E-state index contributed by atoms with van der Waals surface area (Å²) in [7, 11) is 0. The summed E-state index contributed by atoms with van der Waals surface area (Å²) in [6, 6.07) is 9.47. The maximum absolute atomic E-state index is 12.2. The van der Waals surface area contributed by atoms with E-state index < -0.39 is 6.04 Å². The third kappa shape index (κ3) is 4.66. The third-order valence-electron chi connectivity index (χ3n) is 3.22. The molecule has 0 aliphatic carbocycles. The van der Waals surface area contributed by atoms with E-state index in [0.717, 1.165) is 0 Å². The van der Waals surface area contributed by atoms with E-state index >= 15 is 0 Å². The lowest BCUT2D eigenvalue weighted by atomic mass is 10.1. The summed E-state index contributed by atoms with van der Waals surface area (Å²) in [5.41, 5.74) is 0.891. The maximum atomic E-state index is 12.2. The zero-order chi connectivity index (χ0) is 17.5. The summed E-state index contributed by atoms with van der Waals surface area (Å²) >= 11 is 1.34. The lowest BCUT2D eigenvalue weighted by molar-refractivity contribution is -0.122. The molecule has 3 N–H and O–H groups in total. The summed E-state index contributed by atoms with van der Waals surface area (Å²) in [6.07, 6.45) is 0. The van der Waals surface area contributed by atoms with Crippen LogP contribution in [-0.4, -0.2) is 30.3 Å². The van der Waals surface area contributed by atoms with Crippen LogP contribution in [0.3, 0.4) is 0 Å². The lowest BCUT2D eigenvalue weighted by Gasteiger charge is -2.13. The van der Waals surface area contributed by atoms with Crippen LogP contribution in [0.2, 0.25) is 0 Å². The van der Waals surface area contributed by atoms with E-state index in [4.69, 9.17) is 0 Å². The van der Waals surface area contributed by atoms with Crippen molar-refractivity contribution in [3.8, 4) is 0 Å². The van der Waals surface area contributed by atoms with Crippen molar-refractivity contribution < 1.29 is 14.4 Å². The molecule has 2 aromatic rings. The minimum Gasteiger partial charge on any atom is -0.355 e. The average molecular weight is 345 g/mol. The Morgan fingerprint density at radius 2 is 1.92 bits per heavy atom. The van der Waals surface area contributed by atoms with Gasteiger partial charge in [0.15, 0.2) is 0 Å². The van der Waals surface area contributed by atoms with Gasteiger partial charge in [-0.3, -0.25) is 14.4 Å². The molecule has 1 aromatic heterocycles. The monoisotopic (exact) mass is 345 g/mol. The number of rotatable bonds is 6. The number of amides is 3. The minimum atomic E-state index is -0.637. The van der Waals surface area contributed by atoms with Gasteiger partial charge in [-0.05, 0) is 43.5 Å². The molecule has 0 spiro atoms. The van der Waals surface area contributed by atoms with E-state index in [0.29, 0.717) is 22.7 Å². The molecule has 7 heteroatoms. The molecule has 0 unspecified atom stereocenters. The molecular formula is C17H19N3O3S. The van der Waals surface area contributed by atoms with Gasteiger partial charge in [0.05, 0.1) is 4.88 Å². The van der Waals surface area contributed by atoms with Crippen molar-refractivity contribution in [2.75, 3.05) is 11.9 Å². The van der Waals surface area contributed by atoms with Crippen LogP contribution in [0.25, 0.3) is 0 Å². The van der Waals surface area contributed by atoms with E-state index in [1.54, 1.807) is 43.3 Å². The number of benzene rings is 1. The van der Waals surface area contributed by atoms with Gasteiger partial charge in [0.25, 0.3) is 11.8 Å². The van der Waals surface area contributed by atoms with E-state index in [1.807, 2.05) is 12.3 Å². The van der Waals surface area contributed by atoms with Gasteiger partial charge in [-0.2, -0.15) is 0 Å². The molecule has 3 amide bonds.